The van der Waals surface area contributed by atoms with Crippen molar-refractivity contribution >= 4 is 41.1 Å². The summed E-state index contributed by atoms with van der Waals surface area (Å²) in [7, 11) is 0. The Kier molecular flexibility index (Phi) is 14.9. The molecule has 0 spiro atoms. The lowest BCUT2D eigenvalue weighted by Gasteiger charge is -2.17. The summed E-state index contributed by atoms with van der Waals surface area (Å²) >= 11 is 0. The Bertz CT molecular complexity index is 1520. The molecular weight excluding hydrogens is 610 g/mol. The van der Waals surface area contributed by atoms with Crippen molar-refractivity contribution < 1.29 is 29.0 Å². The SMILES string of the molecule is CC(C)c1cc(CCCC(=O)Nc2ccc(N=Nc3ccc(C(=O)NCCCC(=O)C(N)CCOC=O)cc3)cc2)cc(C(C)C)c1O. The number of azo groups is 1. The van der Waals surface area contributed by atoms with Crippen LogP contribution in [0.2, 0.25) is 0 Å². The van der Waals surface area contributed by atoms with E-state index in [1.54, 1.807) is 48.5 Å². The van der Waals surface area contributed by atoms with Gasteiger partial charge in [0.05, 0.1) is 24.0 Å². The summed E-state index contributed by atoms with van der Waals surface area (Å²) in [6.07, 6.45) is 2.74. The molecule has 3 aromatic carbocycles. The van der Waals surface area contributed by atoms with E-state index in [9.17, 15) is 24.3 Å². The summed E-state index contributed by atoms with van der Waals surface area (Å²) < 4.78 is 4.56. The zero-order chi connectivity index (χ0) is 35.1. The highest BCUT2D eigenvalue weighted by atomic mass is 16.5. The Hall–Kier alpha value is -4.90. The molecule has 1 unspecified atom stereocenters. The quantitative estimate of drug-likeness (QED) is 0.0611. The number of ether oxygens (including phenoxy) is 1. The third kappa shape index (κ3) is 12.0. The number of phenolic OH excluding ortho intramolecular Hbond substituents is 1. The fourth-order valence-corrected chi connectivity index (χ4v) is 5.01. The van der Waals surface area contributed by atoms with E-state index in [1.807, 2.05) is 12.1 Å². The molecule has 0 aromatic heterocycles. The molecule has 0 aliphatic carbocycles. The number of aromatic hydroxyl groups is 1. The number of carbonyl (C=O) groups excluding carboxylic acids is 4. The van der Waals surface area contributed by atoms with E-state index < -0.39 is 6.04 Å². The van der Waals surface area contributed by atoms with E-state index >= 15 is 0 Å². The molecule has 0 aliphatic rings. The van der Waals surface area contributed by atoms with Crippen LogP contribution in [0.1, 0.15) is 98.7 Å². The van der Waals surface area contributed by atoms with Gasteiger partial charge in [-0.2, -0.15) is 10.2 Å². The molecule has 0 bridgehead atoms. The molecule has 3 rings (SSSR count). The first kappa shape index (κ1) is 37.6. The third-order valence-corrected chi connectivity index (χ3v) is 7.82. The number of hydrogen-bond acceptors (Lipinski definition) is 9. The molecule has 0 saturated heterocycles. The maximum Gasteiger partial charge on any atom is 0.293 e. The van der Waals surface area contributed by atoms with Gasteiger partial charge >= 0.3 is 0 Å². The number of aryl methyl sites for hydroxylation is 1. The molecule has 5 N–H and O–H groups in total. The van der Waals surface area contributed by atoms with Crippen molar-refractivity contribution in [3.05, 3.63) is 82.9 Å². The highest BCUT2D eigenvalue weighted by Crippen LogP contribution is 2.35. The molecular formula is C37H47N5O6. The fraction of sp³-hybridized carbons (Fsp3) is 0.405. The Balaban J connectivity index is 1.41. The number of rotatable bonds is 19. The van der Waals surface area contributed by atoms with Crippen molar-refractivity contribution in [1.29, 1.82) is 0 Å². The lowest BCUT2D eigenvalue weighted by atomic mass is 9.90. The number of hydrogen-bond donors (Lipinski definition) is 4. The summed E-state index contributed by atoms with van der Waals surface area (Å²) in [5.74, 6) is 0.314. The average molecular weight is 658 g/mol. The highest BCUT2D eigenvalue weighted by Gasteiger charge is 2.16. The maximum atomic E-state index is 12.6. The van der Waals surface area contributed by atoms with Crippen molar-refractivity contribution in [3.63, 3.8) is 0 Å². The number of nitrogens with zero attached hydrogens (tertiary/aromatic N) is 2. The van der Waals surface area contributed by atoms with Crippen LogP contribution < -0.4 is 16.4 Å². The van der Waals surface area contributed by atoms with Crippen molar-refractivity contribution in [3.8, 4) is 5.75 Å². The Morgan fingerprint density at radius 2 is 1.46 bits per heavy atom. The van der Waals surface area contributed by atoms with Crippen LogP contribution >= 0.6 is 0 Å². The third-order valence-electron chi connectivity index (χ3n) is 7.82. The van der Waals surface area contributed by atoms with Gasteiger partial charge in [0.1, 0.15) is 11.5 Å². The Labute approximate surface area is 282 Å². The molecule has 3 aromatic rings. The van der Waals surface area contributed by atoms with Gasteiger partial charge in [0.2, 0.25) is 5.91 Å². The van der Waals surface area contributed by atoms with Crippen LogP contribution in [0.3, 0.4) is 0 Å². The van der Waals surface area contributed by atoms with Crippen LogP contribution in [0.25, 0.3) is 0 Å². The first-order valence-electron chi connectivity index (χ1n) is 16.4. The van der Waals surface area contributed by atoms with E-state index in [4.69, 9.17) is 5.73 Å². The van der Waals surface area contributed by atoms with Crippen LogP contribution in [0.5, 0.6) is 5.75 Å². The number of carbonyl (C=O) groups is 4. The second kappa shape index (κ2) is 19.0. The van der Waals surface area contributed by atoms with Crippen LogP contribution in [0.4, 0.5) is 17.1 Å². The minimum absolute atomic E-state index is 0.0731. The standard InChI is InChI=1S/C37H47N5O6/c1-24(2)31-21-26(22-32(25(3)4)36(31)46)7-5-9-35(45)40-28-14-16-30(17-15-28)42-41-29-12-10-27(11-13-29)37(47)39-19-6-8-34(44)33(38)18-20-48-23-43/h10-17,21-25,33,46H,5-9,18-20,38H2,1-4H3,(H,39,47)(H,40,45). The lowest BCUT2D eigenvalue weighted by Crippen LogP contribution is -2.32. The Morgan fingerprint density at radius 3 is 2.02 bits per heavy atom. The number of Topliss-reactive ketones (excluding diaryl/α,β-unsaturated/α-hetero) is 1. The molecule has 11 heteroatoms. The molecule has 0 heterocycles. The van der Waals surface area contributed by atoms with E-state index in [-0.39, 0.29) is 48.9 Å². The van der Waals surface area contributed by atoms with E-state index in [0.717, 1.165) is 23.1 Å². The second-order valence-electron chi connectivity index (χ2n) is 12.3. The van der Waals surface area contributed by atoms with E-state index in [2.05, 4.69) is 53.3 Å². The smallest absolute Gasteiger partial charge is 0.293 e. The summed E-state index contributed by atoms with van der Waals surface area (Å²) in [4.78, 5) is 47.2. The topological polar surface area (TPSA) is 173 Å². The molecule has 0 fully saturated rings. The van der Waals surface area contributed by atoms with Crippen molar-refractivity contribution in [2.24, 2.45) is 16.0 Å². The van der Waals surface area contributed by atoms with Gasteiger partial charge in [-0.05, 0) is 96.3 Å². The number of amides is 2. The predicted octanol–water partition coefficient (Wildman–Crippen LogP) is 6.99. The van der Waals surface area contributed by atoms with Gasteiger partial charge in [-0.3, -0.25) is 19.2 Å². The minimum atomic E-state index is -0.697. The first-order valence-corrected chi connectivity index (χ1v) is 16.4. The fourth-order valence-electron chi connectivity index (χ4n) is 5.01. The number of phenols is 1. The number of ketones is 1. The number of anilines is 1. The van der Waals surface area contributed by atoms with Crippen LogP contribution in [0.15, 0.2) is 70.9 Å². The van der Waals surface area contributed by atoms with Gasteiger partial charge in [0.15, 0.2) is 0 Å². The summed E-state index contributed by atoms with van der Waals surface area (Å²) in [6, 6.07) is 17.1. The van der Waals surface area contributed by atoms with E-state index in [0.29, 0.717) is 60.7 Å². The molecule has 0 radical (unpaired) electrons. The normalized spacial score (nSPS) is 11.9. The molecule has 256 valence electrons. The first-order chi connectivity index (χ1) is 23.0. The molecule has 2 amide bonds. The molecule has 0 aliphatic heterocycles. The number of nitrogens with two attached hydrogens (primary N) is 1. The van der Waals surface area contributed by atoms with Gasteiger partial charge in [-0.25, -0.2) is 0 Å². The van der Waals surface area contributed by atoms with Gasteiger partial charge in [-0.15, -0.1) is 0 Å². The molecule has 48 heavy (non-hydrogen) atoms. The lowest BCUT2D eigenvalue weighted by molar-refractivity contribution is -0.130. The zero-order valence-electron chi connectivity index (χ0n) is 28.2. The summed E-state index contributed by atoms with van der Waals surface area (Å²) in [5.41, 5.74) is 11.1. The molecule has 0 saturated carbocycles. The number of benzene rings is 3. The van der Waals surface area contributed by atoms with Crippen molar-refractivity contribution in [2.45, 2.75) is 84.1 Å². The molecule has 1 atom stereocenters. The second-order valence-corrected chi connectivity index (χ2v) is 12.3. The highest BCUT2D eigenvalue weighted by molar-refractivity contribution is 5.94. The van der Waals surface area contributed by atoms with Crippen molar-refractivity contribution in [2.75, 3.05) is 18.5 Å². The van der Waals surface area contributed by atoms with E-state index in [1.165, 1.54) is 0 Å². The Morgan fingerprint density at radius 1 is 0.875 bits per heavy atom. The minimum Gasteiger partial charge on any atom is -0.507 e. The largest absolute Gasteiger partial charge is 0.507 e. The van der Waals surface area contributed by atoms with Gasteiger partial charge in [0, 0.05) is 37.1 Å². The summed E-state index contributed by atoms with van der Waals surface area (Å²) in [5, 5.41) is 24.8. The monoisotopic (exact) mass is 657 g/mol. The predicted molar refractivity (Wildman–Crippen MR) is 186 cm³/mol. The maximum absolute atomic E-state index is 12.6. The summed E-state index contributed by atoms with van der Waals surface area (Å²) in [6.45, 7) is 9.00. The van der Waals surface area contributed by atoms with Crippen LogP contribution in [0, 0.1) is 0 Å². The van der Waals surface area contributed by atoms with Crippen LogP contribution in [-0.4, -0.2) is 48.4 Å². The van der Waals surface area contributed by atoms with Crippen molar-refractivity contribution in [1.82, 2.24) is 5.32 Å². The van der Waals surface area contributed by atoms with Gasteiger partial charge in [-0.1, -0.05) is 39.8 Å². The van der Waals surface area contributed by atoms with Gasteiger partial charge < -0.3 is 26.2 Å². The average Bonchev–Trinajstić information content (AvgIpc) is 3.06. The van der Waals surface area contributed by atoms with Crippen LogP contribution in [-0.2, 0) is 25.5 Å². The molecule has 11 nitrogen and oxygen atoms in total. The van der Waals surface area contributed by atoms with Gasteiger partial charge in [0.25, 0.3) is 12.4 Å². The number of nitrogens with one attached hydrogen (secondary N) is 2. The zero-order valence-corrected chi connectivity index (χ0v) is 28.2.